The number of anilines is 2. The van der Waals surface area contributed by atoms with E-state index in [2.05, 4.69) is 0 Å². The molecule has 1 atom stereocenters. The van der Waals surface area contributed by atoms with Crippen molar-refractivity contribution in [2.75, 3.05) is 11.4 Å². The number of carbonyl (C=O) groups is 1. The molecule has 0 amide bonds. The predicted molar refractivity (Wildman–Crippen MR) is 76.5 cm³/mol. The molecule has 0 saturated carbocycles. The fourth-order valence-corrected chi connectivity index (χ4v) is 2.53. The van der Waals surface area contributed by atoms with Crippen molar-refractivity contribution in [3.63, 3.8) is 0 Å². The highest BCUT2D eigenvalue weighted by Gasteiger charge is 2.26. The summed E-state index contributed by atoms with van der Waals surface area (Å²) >= 11 is 0. The molecule has 0 aromatic heterocycles. The standard InChI is InChI=1S/C16H15FN2O/c17-12-6-7-15-11(8-12)9-16(20)14(18)10-19(15)13-4-2-1-3-5-13/h1-8,14H,9-10,18H2/t14-/m0/s1. The Morgan fingerprint density at radius 1 is 1.15 bits per heavy atom. The van der Waals surface area contributed by atoms with Crippen molar-refractivity contribution in [3.8, 4) is 0 Å². The SMILES string of the molecule is N[C@H]1CN(c2ccccc2)c2ccc(F)cc2CC1=O. The number of hydrogen-bond donors (Lipinski definition) is 1. The average molecular weight is 270 g/mol. The van der Waals surface area contributed by atoms with Crippen LogP contribution in [0.25, 0.3) is 0 Å². The van der Waals surface area contributed by atoms with Gasteiger partial charge in [-0.2, -0.15) is 0 Å². The van der Waals surface area contributed by atoms with E-state index in [0.717, 1.165) is 11.4 Å². The molecule has 0 aliphatic carbocycles. The van der Waals surface area contributed by atoms with E-state index in [1.165, 1.54) is 12.1 Å². The van der Waals surface area contributed by atoms with Gasteiger partial charge in [0.05, 0.1) is 6.04 Å². The minimum Gasteiger partial charge on any atom is -0.339 e. The van der Waals surface area contributed by atoms with E-state index in [1.807, 2.05) is 35.2 Å². The molecular weight excluding hydrogens is 255 g/mol. The average Bonchev–Trinajstić information content (AvgIpc) is 2.57. The molecule has 0 bridgehead atoms. The summed E-state index contributed by atoms with van der Waals surface area (Å²) in [6.07, 6.45) is 0.178. The summed E-state index contributed by atoms with van der Waals surface area (Å²) in [4.78, 5) is 14.0. The number of nitrogens with two attached hydrogens (primary N) is 1. The van der Waals surface area contributed by atoms with Crippen LogP contribution in [-0.2, 0) is 11.2 Å². The Balaban J connectivity index is 2.12. The van der Waals surface area contributed by atoms with E-state index in [4.69, 9.17) is 5.73 Å². The lowest BCUT2D eigenvalue weighted by Crippen LogP contribution is -2.39. The molecule has 1 aliphatic rings. The summed E-state index contributed by atoms with van der Waals surface area (Å²) < 4.78 is 13.4. The Hall–Kier alpha value is -2.20. The van der Waals surface area contributed by atoms with E-state index in [1.54, 1.807) is 6.07 Å². The maximum Gasteiger partial charge on any atom is 0.155 e. The molecule has 3 rings (SSSR count). The first-order valence-corrected chi connectivity index (χ1v) is 6.54. The van der Waals surface area contributed by atoms with Crippen LogP contribution in [0, 0.1) is 5.82 Å². The second kappa shape index (κ2) is 5.06. The molecule has 0 fully saturated rings. The van der Waals surface area contributed by atoms with Crippen LogP contribution in [0.3, 0.4) is 0 Å². The van der Waals surface area contributed by atoms with Gasteiger partial charge in [0.2, 0.25) is 0 Å². The van der Waals surface area contributed by atoms with Crippen LogP contribution < -0.4 is 10.6 Å². The second-order valence-corrected chi connectivity index (χ2v) is 4.97. The van der Waals surface area contributed by atoms with Gasteiger partial charge in [0.1, 0.15) is 5.82 Å². The quantitative estimate of drug-likeness (QED) is 0.865. The minimum absolute atomic E-state index is 0.0599. The smallest absolute Gasteiger partial charge is 0.155 e. The molecule has 0 radical (unpaired) electrons. The Bertz CT molecular complexity index is 642. The van der Waals surface area contributed by atoms with Crippen LogP contribution in [0.1, 0.15) is 5.56 Å². The highest BCUT2D eigenvalue weighted by Crippen LogP contribution is 2.31. The zero-order valence-electron chi connectivity index (χ0n) is 10.9. The van der Waals surface area contributed by atoms with Crippen molar-refractivity contribution in [2.24, 2.45) is 5.73 Å². The summed E-state index contributed by atoms with van der Waals surface area (Å²) in [5, 5.41) is 0. The molecule has 20 heavy (non-hydrogen) atoms. The number of nitrogens with zero attached hydrogens (tertiary/aromatic N) is 1. The van der Waals surface area contributed by atoms with Gasteiger partial charge < -0.3 is 10.6 Å². The third kappa shape index (κ3) is 2.30. The van der Waals surface area contributed by atoms with Crippen LogP contribution >= 0.6 is 0 Å². The van der Waals surface area contributed by atoms with Gasteiger partial charge >= 0.3 is 0 Å². The van der Waals surface area contributed by atoms with Crippen LogP contribution in [0.4, 0.5) is 15.8 Å². The first kappa shape index (κ1) is 12.8. The van der Waals surface area contributed by atoms with Crippen molar-refractivity contribution in [2.45, 2.75) is 12.5 Å². The zero-order valence-corrected chi connectivity index (χ0v) is 10.9. The summed E-state index contributed by atoms with van der Waals surface area (Å²) in [5.41, 5.74) is 8.42. The predicted octanol–water partition coefficient (Wildman–Crippen LogP) is 2.42. The molecule has 2 aromatic rings. The first-order valence-electron chi connectivity index (χ1n) is 6.54. The summed E-state index contributed by atoms with van der Waals surface area (Å²) in [6.45, 7) is 0.404. The normalized spacial score (nSPS) is 18.6. The summed E-state index contributed by atoms with van der Waals surface area (Å²) in [7, 11) is 0. The molecule has 0 saturated heterocycles. The molecule has 0 unspecified atom stereocenters. The number of ketones is 1. The molecule has 1 aliphatic heterocycles. The largest absolute Gasteiger partial charge is 0.339 e. The van der Waals surface area contributed by atoms with Crippen molar-refractivity contribution in [1.29, 1.82) is 0 Å². The van der Waals surface area contributed by atoms with Gasteiger partial charge in [0.15, 0.2) is 5.78 Å². The Kier molecular flexibility index (Phi) is 3.24. The fraction of sp³-hybridized carbons (Fsp3) is 0.188. The van der Waals surface area contributed by atoms with Crippen molar-refractivity contribution < 1.29 is 9.18 Å². The lowest BCUT2D eigenvalue weighted by atomic mass is 10.1. The van der Waals surface area contributed by atoms with Gasteiger partial charge in [-0.3, -0.25) is 4.79 Å². The topological polar surface area (TPSA) is 46.3 Å². The highest BCUT2D eigenvalue weighted by molar-refractivity contribution is 5.90. The Morgan fingerprint density at radius 2 is 1.90 bits per heavy atom. The number of para-hydroxylation sites is 1. The van der Waals surface area contributed by atoms with Gasteiger partial charge in [-0.25, -0.2) is 4.39 Å². The van der Waals surface area contributed by atoms with Crippen LogP contribution in [0.2, 0.25) is 0 Å². The molecule has 4 heteroatoms. The van der Waals surface area contributed by atoms with Gasteiger partial charge in [-0.15, -0.1) is 0 Å². The van der Waals surface area contributed by atoms with Crippen LogP contribution in [0.5, 0.6) is 0 Å². The Morgan fingerprint density at radius 3 is 2.65 bits per heavy atom. The third-order valence-electron chi connectivity index (χ3n) is 3.56. The molecule has 0 spiro atoms. The summed E-state index contributed by atoms with van der Waals surface area (Å²) in [5.74, 6) is -0.393. The number of carbonyl (C=O) groups excluding carboxylic acids is 1. The number of fused-ring (bicyclic) bond motifs is 1. The molecule has 102 valence electrons. The lowest BCUT2D eigenvalue weighted by Gasteiger charge is -2.26. The molecule has 1 heterocycles. The van der Waals surface area contributed by atoms with Gasteiger partial charge in [-0.1, -0.05) is 18.2 Å². The number of hydrogen-bond acceptors (Lipinski definition) is 3. The van der Waals surface area contributed by atoms with E-state index in [-0.39, 0.29) is 18.0 Å². The van der Waals surface area contributed by atoms with Gasteiger partial charge in [0, 0.05) is 24.3 Å². The minimum atomic E-state index is -0.564. The van der Waals surface area contributed by atoms with E-state index >= 15 is 0 Å². The van der Waals surface area contributed by atoms with Crippen LogP contribution in [0.15, 0.2) is 48.5 Å². The number of benzene rings is 2. The van der Waals surface area contributed by atoms with Crippen LogP contribution in [-0.4, -0.2) is 18.4 Å². The van der Waals surface area contributed by atoms with Crippen molar-refractivity contribution in [3.05, 3.63) is 59.9 Å². The maximum absolute atomic E-state index is 13.4. The lowest BCUT2D eigenvalue weighted by molar-refractivity contribution is -0.119. The fourth-order valence-electron chi connectivity index (χ4n) is 2.53. The molecule has 3 nitrogen and oxygen atoms in total. The molecule has 2 aromatic carbocycles. The number of halogens is 1. The molecular formula is C16H15FN2O. The first-order chi connectivity index (χ1) is 9.65. The van der Waals surface area contributed by atoms with E-state index < -0.39 is 6.04 Å². The maximum atomic E-state index is 13.4. The van der Waals surface area contributed by atoms with E-state index in [9.17, 15) is 9.18 Å². The number of Topliss-reactive ketones (excluding diaryl/α,β-unsaturated/α-hetero) is 1. The number of rotatable bonds is 1. The second-order valence-electron chi connectivity index (χ2n) is 4.97. The van der Waals surface area contributed by atoms with Crippen molar-refractivity contribution >= 4 is 17.2 Å². The summed E-state index contributed by atoms with van der Waals surface area (Å²) in [6, 6.07) is 13.7. The Labute approximate surface area is 116 Å². The third-order valence-corrected chi connectivity index (χ3v) is 3.56. The van der Waals surface area contributed by atoms with E-state index in [0.29, 0.717) is 12.1 Å². The highest BCUT2D eigenvalue weighted by atomic mass is 19.1. The monoisotopic (exact) mass is 270 g/mol. The zero-order chi connectivity index (χ0) is 14.1. The van der Waals surface area contributed by atoms with Crippen molar-refractivity contribution in [1.82, 2.24) is 0 Å². The molecule has 2 N–H and O–H groups in total. The van der Waals surface area contributed by atoms with Gasteiger partial charge in [-0.05, 0) is 35.9 Å². The van der Waals surface area contributed by atoms with Gasteiger partial charge in [0.25, 0.3) is 0 Å².